The Morgan fingerprint density at radius 1 is 1.19 bits per heavy atom. The molecule has 0 amide bonds. The first-order valence-corrected chi connectivity index (χ1v) is 8.88. The number of fused-ring (bicyclic) bond motifs is 2. The van der Waals surface area contributed by atoms with Gasteiger partial charge in [-0.15, -0.1) is 11.3 Å². The summed E-state index contributed by atoms with van der Waals surface area (Å²) < 4.78 is 7.59. The minimum absolute atomic E-state index is 0.0903. The number of aromatic nitrogens is 3. The lowest BCUT2D eigenvalue weighted by Gasteiger charge is -2.07. The fourth-order valence-corrected chi connectivity index (χ4v) is 3.64. The van der Waals surface area contributed by atoms with Crippen LogP contribution in [0.1, 0.15) is 10.6 Å². The summed E-state index contributed by atoms with van der Waals surface area (Å²) in [4.78, 5) is 33.3. The molecule has 0 saturated carbocycles. The summed E-state index contributed by atoms with van der Waals surface area (Å²) in [7, 11) is 0. The van der Waals surface area contributed by atoms with Crippen molar-refractivity contribution in [3.63, 3.8) is 0 Å². The quantitative estimate of drug-likeness (QED) is 0.520. The Bertz CT molecular complexity index is 1150. The second kappa shape index (κ2) is 6.68. The van der Waals surface area contributed by atoms with Crippen LogP contribution >= 0.6 is 11.3 Å². The zero-order valence-electron chi connectivity index (χ0n) is 14.0. The molecule has 6 nitrogen and oxygen atoms in total. The van der Waals surface area contributed by atoms with Crippen LogP contribution in [0, 0.1) is 6.92 Å². The molecule has 7 heteroatoms. The van der Waals surface area contributed by atoms with Crippen LogP contribution in [-0.4, -0.2) is 20.5 Å². The van der Waals surface area contributed by atoms with Gasteiger partial charge in [0.05, 0.1) is 27.4 Å². The summed E-state index contributed by atoms with van der Waals surface area (Å²) in [5.41, 5.74) is 2.20. The van der Waals surface area contributed by atoms with Gasteiger partial charge in [-0.05, 0) is 30.7 Å². The molecule has 2 aromatic carbocycles. The number of esters is 1. The summed E-state index contributed by atoms with van der Waals surface area (Å²) >= 11 is 1.48. The number of carbonyl (C=O) groups excluding carboxylic acids is 1. The highest BCUT2D eigenvalue weighted by Crippen LogP contribution is 2.22. The number of benzene rings is 2. The van der Waals surface area contributed by atoms with Gasteiger partial charge in [-0.2, -0.15) is 0 Å². The topological polar surface area (TPSA) is 74.1 Å². The van der Waals surface area contributed by atoms with Gasteiger partial charge in [0, 0.05) is 0 Å². The van der Waals surface area contributed by atoms with Gasteiger partial charge in [0.25, 0.3) is 5.56 Å². The molecule has 0 spiro atoms. The van der Waals surface area contributed by atoms with Crippen molar-refractivity contribution in [2.75, 3.05) is 0 Å². The van der Waals surface area contributed by atoms with Crippen molar-refractivity contribution < 1.29 is 9.53 Å². The lowest BCUT2D eigenvalue weighted by molar-refractivity contribution is -0.145. The molecule has 4 rings (SSSR count). The van der Waals surface area contributed by atoms with Gasteiger partial charge in [-0.25, -0.2) is 9.97 Å². The predicted molar refractivity (Wildman–Crippen MR) is 100 cm³/mol. The number of hydrogen-bond acceptors (Lipinski definition) is 6. The summed E-state index contributed by atoms with van der Waals surface area (Å²) in [5, 5.41) is 1.21. The van der Waals surface area contributed by atoms with Gasteiger partial charge >= 0.3 is 5.97 Å². The highest BCUT2D eigenvalue weighted by atomic mass is 32.1. The number of ether oxygens (including phenoxy) is 1. The molecule has 0 aliphatic carbocycles. The molecule has 0 aliphatic heterocycles. The van der Waals surface area contributed by atoms with E-state index in [2.05, 4.69) is 9.97 Å². The first-order chi connectivity index (χ1) is 12.6. The Hall–Kier alpha value is -3.06. The predicted octanol–water partition coefficient (Wildman–Crippen LogP) is 3.06. The van der Waals surface area contributed by atoms with Crippen LogP contribution in [0.5, 0.6) is 0 Å². The number of nitrogens with zero attached hydrogens (tertiary/aromatic N) is 3. The average molecular weight is 365 g/mol. The number of carbonyl (C=O) groups is 1. The molecule has 2 heterocycles. The minimum atomic E-state index is -0.500. The molecule has 26 heavy (non-hydrogen) atoms. The highest BCUT2D eigenvalue weighted by molar-refractivity contribution is 7.18. The number of aryl methyl sites for hydroxylation is 1. The molecule has 0 unspecified atom stereocenters. The highest BCUT2D eigenvalue weighted by Gasteiger charge is 2.11. The summed E-state index contributed by atoms with van der Waals surface area (Å²) in [5.74, 6) is -0.500. The van der Waals surface area contributed by atoms with E-state index in [1.165, 1.54) is 22.2 Å². The Morgan fingerprint density at radius 2 is 2.04 bits per heavy atom. The average Bonchev–Trinajstić information content (AvgIpc) is 3.06. The van der Waals surface area contributed by atoms with Gasteiger partial charge in [0.1, 0.15) is 18.2 Å². The van der Waals surface area contributed by atoms with Crippen molar-refractivity contribution in [2.24, 2.45) is 0 Å². The lowest BCUT2D eigenvalue weighted by atomic mass is 10.1. The second-order valence-electron chi connectivity index (χ2n) is 5.88. The smallest absolute Gasteiger partial charge is 0.326 e. The summed E-state index contributed by atoms with van der Waals surface area (Å²) in [6, 6.07) is 13.2. The van der Waals surface area contributed by atoms with E-state index in [9.17, 15) is 9.59 Å². The van der Waals surface area contributed by atoms with Crippen LogP contribution in [0.4, 0.5) is 0 Å². The summed E-state index contributed by atoms with van der Waals surface area (Å²) in [6.07, 6.45) is 1.39. The lowest BCUT2D eigenvalue weighted by Crippen LogP contribution is -2.25. The molecule has 4 aromatic rings. The Balaban J connectivity index is 1.48. The van der Waals surface area contributed by atoms with E-state index < -0.39 is 5.97 Å². The second-order valence-corrected chi connectivity index (χ2v) is 7.00. The molecule has 130 valence electrons. The number of rotatable bonds is 4. The molecule has 0 aliphatic rings. The molecule has 0 N–H and O–H groups in total. The fraction of sp³-hybridized carbons (Fsp3) is 0.158. The van der Waals surface area contributed by atoms with Crippen molar-refractivity contribution in [2.45, 2.75) is 20.1 Å². The van der Waals surface area contributed by atoms with E-state index in [1.807, 2.05) is 37.3 Å². The van der Waals surface area contributed by atoms with Crippen molar-refractivity contribution in [1.29, 1.82) is 0 Å². The van der Waals surface area contributed by atoms with Gasteiger partial charge in [-0.1, -0.05) is 24.3 Å². The zero-order valence-corrected chi connectivity index (χ0v) is 14.8. The van der Waals surface area contributed by atoms with E-state index in [4.69, 9.17) is 4.74 Å². The van der Waals surface area contributed by atoms with Crippen LogP contribution in [0.2, 0.25) is 0 Å². The monoisotopic (exact) mass is 365 g/mol. The van der Waals surface area contributed by atoms with E-state index in [0.717, 1.165) is 20.8 Å². The molecule has 0 fully saturated rings. The van der Waals surface area contributed by atoms with Crippen molar-refractivity contribution in [3.8, 4) is 0 Å². The van der Waals surface area contributed by atoms with Crippen LogP contribution in [0.3, 0.4) is 0 Å². The Morgan fingerprint density at radius 3 is 2.88 bits per heavy atom. The largest absolute Gasteiger partial charge is 0.457 e. The minimum Gasteiger partial charge on any atom is -0.457 e. The van der Waals surface area contributed by atoms with Crippen LogP contribution in [0.25, 0.3) is 21.1 Å². The summed E-state index contributed by atoms with van der Waals surface area (Å²) in [6.45, 7) is 1.80. The van der Waals surface area contributed by atoms with Crippen molar-refractivity contribution in [1.82, 2.24) is 14.5 Å². The maximum absolute atomic E-state index is 12.5. The third-order valence-corrected chi connectivity index (χ3v) is 5.06. The van der Waals surface area contributed by atoms with Gasteiger partial charge in [0.2, 0.25) is 0 Å². The number of hydrogen-bond donors (Lipinski definition) is 0. The van der Waals surface area contributed by atoms with Gasteiger partial charge in [-0.3, -0.25) is 14.2 Å². The van der Waals surface area contributed by atoms with Gasteiger partial charge in [0.15, 0.2) is 0 Å². The first-order valence-electron chi connectivity index (χ1n) is 8.06. The molecule has 2 aromatic heterocycles. The van der Waals surface area contributed by atoms with Crippen molar-refractivity contribution in [3.05, 3.63) is 69.7 Å². The Kier molecular flexibility index (Phi) is 4.22. The molecule has 0 bridgehead atoms. The fourth-order valence-electron chi connectivity index (χ4n) is 2.76. The molecular weight excluding hydrogens is 350 g/mol. The van der Waals surface area contributed by atoms with E-state index in [1.54, 1.807) is 12.1 Å². The van der Waals surface area contributed by atoms with Crippen LogP contribution < -0.4 is 5.56 Å². The maximum atomic E-state index is 12.5. The normalized spacial score (nSPS) is 11.1. The Labute approximate surface area is 152 Å². The van der Waals surface area contributed by atoms with E-state index in [-0.39, 0.29) is 18.7 Å². The standard InChI is InChI=1S/C19H15N3O3S/c1-12-5-4-6-13-18(12)20-11-22(19(13)24)9-17(23)25-10-16-21-14-7-2-3-8-15(14)26-16/h2-8,11H,9-10H2,1H3. The molecule has 0 radical (unpaired) electrons. The number of thiazole rings is 1. The maximum Gasteiger partial charge on any atom is 0.326 e. The first kappa shape index (κ1) is 16.4. The van der Waals surface area contributed by atoms with Crippen LogP contribution in [0.15, 0.2) is 53.6 Å². The zero-order chi connectivity index (χ0) is 18.1. The SMILES string of the molecule is Cc1cccc2c(=O)n(CC(=O)OCc3nc4ccccc4s3)cnc12. The van der Waals surface area contributed by atoms with E-state index >= 15 is 0 Å². The molecule has 0 atom stereocenters. The number of para-hydroxylation sites is 2. The third-order valence-electron chi connectivity index (χ3n) is 4.05. The molecular formula is C19H15N3O3S. The van der Waals surface area contributed by atoms with Crippen molar-refractivity contribution >= 4 is 38.4 Å². The third kappa shape index (κ3) is 3.09. The van der Waals surface area contributed by atoms with E-state index in [0.29, 0.717) is 10.9 Å². The van der Waals surface area contributed by atoms with Gasteiger partial charge < -0.3 is 4.74 Å². The molecule has 0 saturated heterocycles. The van der Waals surface area contributed by atoms with Crippen LogP contribution in [-0.2, 0) is 22.7 Å².